The number of aromatic nitrogens is 1. The Labute approximate surface area is 264 Å². The molecule has 0 bridgehead atoms. The first-order valence-electron chi connectivity index (χ1n) is 13.9. The van der Waals surface area contributed by atoms with Crippen LogP contribution >= 0.6 is 23.1 Å². The standard InChI is InChI=1S/C32H27F3N4O4S2/c1-17-7-4-5-10-22(17)36-23(40)16-38-30-27(45-31(38)43)24(18-11-13-20(14-12-18)37(2)3)25-26(44-30)29(42)39(28(25)41)21-9-6-8-19(15-21)32(33,34)35/h4-15,24-26H,16H2,1-3H3,(H,36,40)/t24-,25-,26+/m0/s1. The lowest BCUT2D eigenvalue weighted by Crippen LogP contribution is -2.33. The highest BCUT2D eigenvalue weighted by Gasteiger charge is 2.57. The summed E-state index contributed by atoms with van der Waals surface area (Å²) in [7, 11) is 3.75. The van der Waals surface area contributed by atoms with Gasteiger partial charge in [0.15, 0.2) is 0 Å². The number of carbonyl (C=O) groups excluding carboxylic acids is 3. The molecule has 2 aliphatic rings. The number of aryl methyl sites for hydroxylation is 1. The average molecular weight is 653 g/mol. The maximum absolute atomic E-state index is 14.0. The number of anilines is 3. The van der Waals surface area contributed by atoms with Gasteiger partial charge in [-0.3, -0.25) is 23.7 Å². The van der Waals surface area contributed by atoms with Gasteiger partial charge in [0.25, 0.3) is 0 Å². The van der Waals surface area contributed by atoms with Crippen molar-refractivity contribution in [2.75, 3.05) is 29.2 Å². The number of amides is 3. The van der Waals surface area contributed by atoms with Crippen molar-refractivity contribution < 1.29 is 27.6 Å². The number of nitrogens with zero attached hydrogens (tertiary/aromatic N) is 3. The summed E-state index contributed by atoms with van der Waals surface area (Å²) in [4.78, 5) is 57.3. The quantitative estimate of drug-likeness (QED) is 0.268. The molecule has 3 amide bonds. The average Bonchev–Trinajstić information content (AvgIpc) is 3.44. The van der Waals surface area contributed by atoms with Gasteiger partial charge in [-0.25, -0.2) is 4.90 Å². The van der Waals surface area contributed by atoms with Gasteiger partial charge in [-0.05, 0) is 54.4 Å². The van der Waals surface area contributed by atoms with Crippen LogP contribution in [0.1, 0.15) is 27.5 Å². The lowest BCUT2D eigenvalue weighted by Gasteiger charge is -2.31. The summed E-state index contributed by atoms with van der Waals surface area (Å²) in [6.07, 6.45) is -4.67. The fourth-order valence-electron chi connectivity index (χ4n) is 5.72. The zero-order chi connectivity index (χ0) is 32.2. The number of fused-ring (bicyclic) bond motifs is 2. The predicted octanol–water partition coefficient (Wildman–Crippen LogP) is 5.74. The van der Waals surface area contributed by atoms with Crippen LogP contribution in [-0.2, 0) is 27.1 Å². The largest absolute Gasteiger partial charge is 0.416 e. The van der Waals surface area contributed by atoms with E-state index in [4.69, 9.17) is 0 Å². The van der Waals surface area contributed by atoms with Crippen LogP contribution in [0.15, 0.2) is 82.6 Å². The molecule has 1 fully saturated rings. The van der Waals surface area contributed by atoms with Gasteiger partial charge in [0, 0.05) is 36.3 Å². The van der Waals surface area contributed by atoms with Gasteiger partial charge in [0.2, 0.25) is 17.7 Å². The molecule has 6 rings (SSSR count). The molecule has 2 aliphatic heterocycles. The Hall–Kier alpha value is -4.36. The minimum absolute atomic E-state index is 0.171. The lowest BCUT2D eigenvalue weighted by atomic mass is 9.83. The third-order valence-corrected chi connectivity index (χ3v) is 10.6. The topological polar surface area (TPSA) is 91.7 Å². The third-order valence-electron chi connectivity index (χ3n) is 7.97. The minimum atomic E-state index is -4.67. The second-order valence-corrected chi connectivity index (χ2v) is 13.2. The Balaban J connectivity index is 1.42. The maximum atomic E-state index is 14.0. The van der Waals surface area contributed by atoms with E-state index >= 15 is 0 Å². The molecule has 0 aliphatic carbocycles. The molecule has 8 nitrogen and oxygen atoms in total. The Kier molecular flexibility index (Phi) is 7.86. The summed E-state index contributed by atoms with van der Waals surface area (Å²) in [6, 6.07) is 18.7. The zero-order valence-corrected chi connectivity index (χ0v) is 25.9. The van der Waals surface area contributed by atoms with Gasteiger partial charge in [-0.15, -0.1) is 0 Å². The van der Waals surface area contributed by atoms with Crippen LogP contribution in [0.3, 0.4) is 0 Å². The molecule has 3 heterocycles. The van der Waals surface area contributed by atoms with Crippen molar-refractivity contribution in [2.24, 2.45) is 5.92 Å². The SMILES string of the molecule is Cc1ccccc1NC(=O)Cn1c2c(sc1=O)[C@@H](c1ccc(N(C)C)cc1)[C@@H]1C(=O)N(c3cccc(C(F)(F)F)c3)C(=O)[C@@H]1S2. The van der Waals surface area contributed by atoms with Gasteiger partial charge >= 0.3 is 11.0 Å². The van der Waals surface area contributed by atoms with Gasteiger partial charge in [0.05, 0.1) is 22.2 Å². The maximum Gasteiger partial charge on any atom is 0.416 e. The number of nitrogens with one attached hydrogen (secondary N) is 1. The summed E-state index contributed by atoms with van der Waals surface area (Å²) < 4.78 is 41.9. The highest BCUT2D eigenvalue weighted by atomic mass is 32.2. The number of benzene rings is 3. The lowest BCUT2D eigenvalue weighted by molar-refractivity contribution is -0.137. The van der Waals surface area contributed by atoms with E-state index in [0.29, 0.717) is 21.2 Å². The van der Waals surface area contributed by atoms with E-state index in [1.807, 2.05) is 62.3 Å². The molecule has 4 aromatic rings. The first-order chi connectivity index (χ1) is 21.3. The summed E-state index contributed by atoms with van der Waals surface area (Å²) in [5, 5.41) is 2.18. The van der Waals surface area contributed by atoms with Crippen molar-refractivity contribution in [1.29, 1.82) is 0 Å². The number of rotatable bonds is 6. The summed E-state index contributed by atoms with van der Waals surface area (Å²) >= 11 is 1.91. The van der Waals surface area contributed by atoms with Crippen LogP contribution in [-0.4, -0.2) is 41.6 Å². The molecule has 45 heavy (non-hydrogen) atoms. The number of thiazole rings is 1. The van der Waals surface area contributed by atoms with Gasteiger partial charge in [-0.2, -0.15) is 13.2 Å². The molecule has 0 saturated carbocycles. The number of thioether (sulfide) groups is 1. The van der Waals surface area contributed by atoms with E-state index in [9.17, 15) is 32.3 Å². The number of hydrogen-bond acceptors (Lipinski definition) is 7. The predicted molar refractivity (Wildman–Crippen MR) is 168 cm³/mol. The molecule has 232 valence electrons. The summed E-state index contributed by atoms with van der Waals surface area (Å²) in [5.74, 6) is -3.49. The van der Waals surface area contributed by atoms with Crippen LogP contribution in [0, 0.1) is 12.8 Å². The number of para-hydroxylation sites is 1. The van der Waals surface area contributed by atoms with Crippen molar-refractivity contribution in [1.82, 2.24) is 4.57 Å². The molecule has 3 aromatic carbocycles. The number of carbonyl (C=O) groups is 3. The van der Waals surface area contributed by atoms with Crippen molar-refractivity contribution in [3.05, 3.63) is 104 Å². The molecule has 1 aromatic heterocycles. The van der Waals surface area contributed by atoms with Crippen LogP contribution in [0.4, 0.5) is 30.2 Å². The Morgan fingerprint density at radius 1 is 0.956 bits per heavy atom. The second kappa shape index (κ2) is 11.5. The van der Waals surface area contributed by atoms with Crippen molar-refractivity contribution >= 4 is 57.9 Å². The van der Waals surface area contributed by atoms with Crippen LogP contribution in [0.2, 0.25) is 0 Å². The monoisotopic (exact) mass is 652 g/mol. The first-order valence-corrected chi connectivity index (χ1v) is 15.6. The summed E-state index contributed by atoms with van der Waals surface area (Å²) in [6.45, 7) is 1.52. The van der Waals surface area contributed by atoms with Crippen LogP contribution in [0.25, 0.3) is 0 Å². The Bertz CT molecular complexity index is 1880. The minimum Gasteiger partial charge on any atom is -0.378 e. The van der Waals surface area contributed by atoms with Crippen LogP contribution < -0.4 is 20.0 Å². The van der Waals surface area contributed by atoms with E-state index < -0.39 is 51.4 Å². The number of imide groups is 1. The molecule has 0 spiro atoms. The zero-order valence-electron chi connectivity index (χ0n) is 24.3. The first kappa shape index (κ1) is 30.7. The number of halogens is 3. The van der Waals surface area contributed by atoms with E-state index in [1.54, 1.807) is 12.1 Å². The fourth-order valence-corrected chi connectivity index (χ4v) is 8.49. The molecular weight excluding hydrogens is 626 g/mol. The number of alkyl halides is 3. The molecule has 1 N–H and O–H groups in total. The van der Waals surface area contributed by atoms with Crippen molar-refractivity contribution in [3.8, 4) is 0 Å². The smallest absolute Gasteiger partial charge is 0.378 e. The van der Waals surface area contributed by atoms with Crippen molar-refractivity contribution in [2.45, 2.75) is 35.8 Å². The highest BCUT2D eigenvalue weighted by Crippen LogP contribution is 2.54. The van der Waals surface area contributed by atoms with E-state index in [2.05, 4.69) is 5.32 Å². The van der Waals surface area contributed by atoms with E-state index in [1.165, 1.54) is 10.6 Å². The Morgan fingerprint density at radius 3 is 2.33 bits per heavy atom. The normalized spacial score (nSPS) is 19.3. The van der Waals surface area contributed by atoms with Gasteiger partial charge in [0.1, 0.15) is 11.8 Å². The highest BCUT2D eigenvalue weighted by molar-refractivity contribution is 8.00. The molecule has 0 radical (unpaired) electrons. The molecule has 3 atom stereocenters. The second-order valence-electron chi connectivity index (χ2n) is 11.1. The number of hydrogen-bond donors (Lipinski definition) is 1. The third kappa shape index (κ3) is 5.54. The molecular formula is C32H27F3N4O4S2. The van der Waals surface area contributed by atoms with Crippen LogP contribution in [0.5, 0.6) is 0 Å². The van der Waals surface area contributed by atoms with Gasteiger partial charge in [-0.1, -0.05) is 59.5 Å². The van der Waals surface area contributed by atoms with Crippen molar-refractivity contribution in [3.63, 3.8) is 0 Å². The molecule has 1 saturated heterocycles. The summed E-state index contributed by atoms with van der Waals surface area (Å²) in [5.41, 5.74) is 1.84. The molecule has 0 unspecified atom stereocenters. The van der Waals surface area contributed by atoms with E-state index in [-0.39, 0.29) is 12.2 Å². The Morgan fingerprint density at radius 2 is 1.67 bits per heavy atom. The molecule has 13 heteroatoms. The fraction of sp³-hybridized carbons (Fsp3) is 0.250. The van der Waals surface area contributed by atoms with E-state index in [0.717, 1.165) is 57.4 Å². The van der Waals surface area contributed by atoms with Gasteiger partial charge < -0.3 is 10.2 Å².